The van der Waals surface area contributed by atoms with Crippen molar-refractivity contribution < 1.29 is 27.4 Å². The Morgan fingerprint density at radius 1 is 1.12 bits per heavy atom. The molecule has 146 valence electrons. The molecule has 0 atom stereocenters. The summed E-state index contributed by atoms with van der Waals surface area (Å²) in [6, 6.07) is 3.36. The second kappa shape index (κ2) is 8.13. The van der Waals surface area contributed by atoms with E-state index in [-0.39, 0.29) is 19.4 Å². The molecule has 1 aliphatic heterocycles. The summed E-state index contributed by atoms with van der Waals surface area (Å²) < 4.78 is 39.2. The molecule has 0 spiro atoms. The van der Waals surface area contributed by atoms with E-state index in [1.165, 1.54) is 21.3 Å². The molecule has 0 bridgehead atoms. The lowest BCUT2D eigenvalue weighted by molar-refractivity contribution is -0.124. The van der Waals surface area contributed by atoms with E-state index in [1.54, 1.807) is 12.1 Å². The van der Waals surface area contributed by atoms with Crippen LogP contribution in [-0.2, 0) is 21.2 Å². The van der Waals surface area contributed by atoms with E-state index in [4.69, 9.17) is 14.2 Å². The van der Waals surface area contributed by atoms with Gasteiger partial charge in [-0.2, -0.15) is 0 Å². The predicted molar refractivity (Wildman–Crippen MR) is 97.6 cm³/mol. The molecule has 1 fully saturated rings. The molecule has 0 saturated carbocycles. The molecule has 26 heavy (non-hydrogen) atoms. The lowest BCUT2D eigenvalue weighted by Gasteiger charge is -2.34. The summed E-state index contributed by atoms with van der Waals surface area (Å²) in [7, 11) is 0.971. The number of amides is 1. The van der Waals surface area contributed by atoms with Crippen LogP contribution in [0.3, 0.4) is 0 Å². The quantitative estimate of drug-likeness (QED) is 0.703. The molecule has 8 nitrogen and oxygen atoms in total. The topological polar surface area (TPSA) is 103 Å². The molecule has 2 rings (SSSR count). The molecular weight excluding hydrogens is 360 g/mol. The van der Waals surface area contributed by atoms with Crippen molar-refractivity contribution in [1.82, 2.24) is 10.6 Å². The number of hydrogen-bond donors (Lipinski definition) is 2. The van der Waals surface area contributed by atoms with Gasteiger partial charge in [0.25, 0.3) is 0 Å². The zero-order valence-electron chi connectivity index (χ0n) is 15.5. The summed E-state index contributed by atoms with van der Waals surface area (Å²) >= 11 is 0. The van der Waals surface area contributed by atoms with Crippen LogP contribution in [0.15, 0.2) is 12.1 Å². The maximum absolute atomic E-state index is 12.8. The van der Waals surface area contributed by atoms with Gasteiger partial charge in [-0.15, -0.1) is 0 Å². The van der Waals surface area contributed by atoms with E-state index < -0.39 is 20.5 Å². The molecule has 1 saturated heterocycles. The summed E-state index contributed by atoms with van der Waals surface area (Å²) in [5.41, 5.74) is 0.613. The maximum atomic E-state index is 12.8. The number of ether oxygens (including phenoxy) is 3. The molecule has 1 aliphatic rings. The molecule has 1 heterocycles. The van der Waals surface area contributed by atoms with Gasteiger partial charge in [-0.25, -0.2) is 8.42 Å². The number of methoxy groups -OCH3 is 3. The van der Waals surface area contributed by atoms with Gasteiger partial charge in [0, 0.05) is 18.4 Å². The van der Waals surface area contributed by atoms with Crippen molar-refractivity contribution in [3.63, 3.8) is 0 Å². The van der Waals surface area contributed by atoms with Crippen LogP contribution in [0.5, 0.6) is 17.2 Å². The Labute approximate surface area is 154 Å². The van der Waals surface area contributed by atoms with E-state index >= 15 is 0 Å². The molecule has 1 aromatic carbocycles. The fourth-order valence-electron chi connectivity index (χ4n) is 3.18. The second-order valence-corrected chi connectivity index (χ2v) is 8.54. The van der Waals surface area contributed by atoms with Gasteiger partial charge in [0.1, 0.15) is 17.2 Å². The smallest absolute Gasteiger partial charge is 0.241 e. The fourth-order valence-corrected chi connectivity index (χ4v) is 4.53. The van der Waals surface area contributed by atoms with Crippen LogP contribution in [-0.4, -0.2) is 59.7 Å². The molecule has 0 aliphatic carbocycles. The minimum Gasteiger partial charge on any atom is -0.496 e. The number of hydrogen-bond acceptors (Lipinski definition) is 7. The van der Waals surface area contributed by atoms with Crippen LogP contribution < -0.4 is 24.8 Å². The third kappa shape index (κ3) is 3.88. The minimum absolute atomic E-state index is 0.0832. The molecule has 1 amide bonds. The zero-order chi connectivity index (χ0) is 19.4. The van der Waals surface area contributed by atoms with E-state index in [0.717, 1.165) is 6.26 Å². The van der Waals surface area contributed by atoms with Crippen LogP contribution in [0, 0.1) is 0 Å². The van der Waals surface area contributed by atoms with Crippen LogP contribution in [0.25, 0.3) is 0 Å². The first-order valence-corrected chi connectivity index (χ1v) is 10.2. The third-order valence-corrected chi connectivity index (χ3v) is 6.79. The standard InChI is InChI=1S/C17H26N2O6S/c1-23-12-9-14(24-2)13(15(10-12)25-3)11-19-16(20)17(26(4,21)22)5-7-18-8-6-17/h9-10,18H,5-8,11H2,1-4H3,(H,19,20). The van der Waals surface area contributed by atoms with Crippen LogP contribution in [0.2, 0.25) is 0 Å². The van der Waals surface area contributed by atoms with Gasteiger partial charge in [0.2, 0.25) is 5.91 Å². The Hall–Kier alpha value is -2.00. The van der Waals surface area contributed by atoms with Crippen molar-refractivity contribution in [1.29, 1.82) is 0 Å². The summed E-state index contributed by atoms with van der Waals surface area (Å²) in [5, 5.41) is 5.85. The average molecular weight is 386 g/mol. The molecule has 0 aromatic heterocycles. The number of benzene rings is 1. The first-order valence-electron chi connectivity index (χ1n) is 8.26. The Kier molecular flexibility index (Phi) is 6.35. The Bertz CT molecular complexity index is 732. The Morgan fingerprint density at radius 2 is 1.65 bits per heavy atom. The van der Waals surface area contributed by atoms with Crippen LogP contribution in [0.4, 0.5) is 0 Å². The van der Waals surface area contributed by atoms with Crippen LogP contribution >= 0.6 is 0 Å². The van der Waals surface area contributed by atoms with Crippen LogP contribution in [0.1, 0.15) is 18.4 Å². The Morgan fingerprint density at radius 3 is 2.08 bits per heavy atom. The highest BCUT2D eigenvalue weighted by molar-refractivity contribution is 7.92. The van der Waals surface area contributed by atoms with Crippen molar-refractivity contribution in [2.45, 2.75) is 24.1 Å². The maximum Gasteiger partial charge on any atom is 0.241 e. The lowest BCUT2D eigenvalue weighted by Crippen LogP contribution is -2.57. The van der Waals surface area contributed by atoms with Gasteiger partial charge in [-0.3, -0.25) is 4.79 Å². The van der Waals surface area contributed by atoms with Crippen molar-refractivity contribution in [3.8, 4) is 17.2 Å². The third-order valence-electron chi connectivity index (χ3n) is 4.78. The van der Waals surface area contributed by atoms with Gasteiger partial charge >= 0.3 is 0 Å². The summed E-state index contributed by atoms with van der Waals surface area (Å²) in [4.78, 5) is 12.8. The highest BCUT2D eigenvalue weighted by Gasteiger charge is 2.48. The summed E-state index contributed by atoms with van der Waals surface area (Å²) in [6.07, 6.45) is 1.61. The van der Waals surface area contributed by atoms with E-state index in [0.29, 0.717) is 35.9 Å². The second-order valence-electron chi connectivity index (χ2n) is 6.21. The van der Waals surface area contributed by atoms with Gasteiger partial charge in [0.05, 0.1) is 33.4 Å². The summed E-state index contributed by atoms with van der Waals surface area (Å²) in [6.45, 7) is 1.05. The first-order chi connectivity index (χ1) is 12.3. The number of carbonyl (C=O) groups excluding carboxylic acids is 1. The zero-order valence-corrected chi connectivity index (χ0v) is 16.4. The molecule has 0 unspecified atom stereocenters. The molecule has 2 N–H and O–H groups in total. The van der Waals surface area contributed by atoms with Crippen molar-refractivity contribution in [2.75, 3.05) is 40.7 Å². The van der Waals surface area contributed by atoms with Gasteiger partial charge in [0.15, 0.2) is 14.6 Å². The normalized spacial score (nSPS) is 16.6. The van der Waals surface area contributed by atoms with Gasteiger partial charge in [-0.1, -0.05) is 0 Å². The lowest BCUT2D eigenvalue weighted by atomic mass is 9.95. The van der Waals surface area contributed by atoms with Gasteiger partial charge in [-0.05, 0) is 25.9 Å². The SMILES string of the molecule is COc1cc(OC)c(CNC(=O)C2(S(C)(=O)=O)CCNCC2)c(OC)c1. The van der Waals surface area contributed by atoms with Crippen molar-refractivity contribution in [3.05, 3.63) is 17.7 Å². The fraction of sp³-hybridized carbons (Fsp3) is 0.588. The number of sulfone groups is 1. The van der Waals surface area contributed by atoms with Gasteiger partial charge < -0.3 is 24.8 Å². The average Bonchev–Trinajstić information content (AvgIpc) is 2.64. The first kappa shape index (κ1) is 20.3. The molecule has 9 heteroatoms. The highest BCUT2D eigenvalue weighted by Crippen LogP contribution is 2.34. The summed E-state index contributed by atoms with van der Waals surface area (Å²) in [5.74, 6) is 1.03. The van der Waals surface area contributed by atoms with E-state index in [2.05, 4.69) is 10.6 Å². The van der Waals surface area contributed by atoms with Crippen molar-refractivity contribution >= 4 is 15.7 Å². The van der Waals surface area contributed by atoms with E-state index in [1.807, 2.05) is 0 Å². The molecule has 0 radical (unpaired) electrons. The predicted octanol–water partition coefficient (Wildman–Crippen LogP) is 0.495. The number of piperidine rings is 1. The molecule has 1 aromatic rings. The number of rotatable bonds is 7. The number of carbonyl (C=O) groups is 1. The molecular formula is C17H26N2O6S. The monoisotopic (exact) mass is 386 g/mol. The van der Waals surface area contributed by atoms with Crippen molar-refractivity contribution in [2.24, 2.45) is 0 Å². The Balaban J connectivity index is 2.28. The highest BCUT2D eigenvalue weighted by atomic mass is 32.2. The largest absolute Gasteiger partial charge is 0.496 e. The minimum atomic E-state index is -3.57. The van der Waals surface area contributed by atoms with E-state index in [9.17, 15) is 13.2 Å². The number of nitrogens with one attached hydrogen (secondary N) is 2.